The largest absolute Gasteiger partial charge is 0.367 e. The number of H-pyrrole nitrogens is 1. The van der Waals surface area contributed by atoms with Crippen molar-refractivity contribution in [3.05, 3.63) is 34.9 Å². The van der Waals surface area contributed by atoms with Gasteiger partial charge in [-0.15, -0.1) is 0 Å². The molecule has 7 heteroatoms. The standard InChI is InChI=1S/C14H15N5OS/c1-9-5-19(6-12(20-9)10-2-3-21-7-10)14-11-4-17-18-13(11)15-8-16-14/h2-4,7-9,12H,5-6H2,1H3,(H,15,16,17,18). The number of hydrogen-bond acceptors (Lipinski definition) is 6. The van der Waals surface area contributed by atoms with E-state index in [-0.39, 0.29) is 12.2 Å². The van der Waals surface area contributed by atoms with Crippen LogP contribution < -0.4 is 4.90 Å². The van der Waals surface area contributed by atoms with Gasteiger partial charge in [0.2, 0.25) is 0 Å². The molecular formula is C14H15N5OS. The molecule has 0 aromatic carbocycles. The number of rotatable bonds is 2. The Kier molecular flexibility index (Phi) is 3.08. The molecule has 1 fully saturated rings. The second-order valence-corrected chi connectivity index (χ2v) is 6.01. The average molecular weight is 301 g/mol. The third-order valence-electron chi connectivity index (χ3n) is 3.70. The number of nitrogens with zero attached hydrogens (tertiary/aromatic N) is 4. The highest BCUT2D eigenvalue weighted by atomic mass is 32.1. The van der Waals surface area contributed by atoms with Gasteiger partial charge in [0, 0.05) is 13.1 Å². The maximum absolute atomic E-state index is 6.07. The molecule has 1 aliphatic rings. The van der Waals surface area contributed by atoms with Crippen LogP contribution in [0.15, 0.2) is 29.4 Å². The first-order valence-corrected chi connectivity index (χ1v) is 7.82. The molecule has 1 saturated heterocycles. The quantitative estimate of drug-likeness (QED) is 0.787. The lowest BCUT2D eigenvalue weighted by atomic mass is 10.1. The molecule has 0 aliphatic carbocycles. The summed E-state index contributed by atoms with van der Waals surface area (Å²) in [5.74, 6) is 0.920. The maximum Gasteiger partial charge on any atom is 0.160 e. The van der Waals surface area contributed by atoms with Gasteiger partial charge in [0.25, 0.3) is 0 Å². The number of thiophene rings is 1. The normalized spacial score (nSPS) is 22.8. The van der Waals surface area contributed by atoms with Gasteiger partial charge in [-0.2, -0.15) is 16.4 Å². The molecular weight excluding hydrogens is 286 g/mol. The van der Waals surface area contributed by atoms with Crippen molar-refractivity contribution in [3.63, 3.8) is 0 Å². The van der Waals surface area contributed by atoms with Gasteiger partial charge in [-0.3, -0.25) is 5.10 Å². The van der Waals surface area contributed by atoms with Crippen LogP contribution in [0.5, 0.6) is 0 Å². The molecule has 1 aliphatic heterocycles. The van der Waals surface area contributed by atoms with Crippen LogP contribution in [0, 0.1) is 0 Å². The Morgan fingerprint density at radius 1 is 1.38 bits per heavy atom. The molecule has 2 atom stereocenters. The highest BCUT2D eigenvalue weighted by Gasteiger charge is 2.28. The summed E-state index contributed by atoms with van der Waals surface area (Å²) in [7, 11) is 0. The molecule has 21 heavy (non-hydrogen) atoms. The van der Waals surface area contributed by atoms with Crippen molar-refractivity contribution in [2.45, 2.75) is 19.1 Å². The van der Waals surface area contributed by atoms with Crippen LogP contribution in [0.4, 0.5) is 5.82 Å². The van der Waals surface area contributed by atoms with Crippen molar-refractivity contribution in [3.8, 4) is 0 Å². The molecule has 0 amide bonds. The molecule has 4 heterocycles. The van der Waals surface area contributed by atoms with Crippen molar-refractivity contribution in [1.29, 1.82) is 0 Å². The smallest absolute Gasteiger partial charge is 0.160 e. The monoisotopic (exact) mass is 301 g/mol. The number of aromatic amines is 1. The topological polar surface area (TPSA) is 66.9 Å². The van der Waals surface area contributed by atoms with Crippen LogP contribution in [0.1, 0.15) is 18.6 Å². The van der Waals surface area contributed by atoms with E-state index in [1.165, 1.54) is 5.56 Å². The summed E-state index contributed by atoms with van der Waals surface area (Å²) in [6, 6.07) is 2.12. The van der Waals surface area contributed by atoms with Gasteiger partial charge in [0.15, 0.2) is 5.65 Å². The SMILES string of the molecule is CC1CN(c2ncnc3[nH]ncc23)CC(c2ccsc2)O1. The van der Waals surface area contributed by atoms with E-state index in [2.05, 4.69) is 48.8 Å². The highest BCUT2D eigenvalue weighted by molar-refractivity contribution is 7.07. The number of fused-ring (bicyclic) bond motifs is 1. The second-order valence-electron chi connectivity index (χ2n) is 5.23. The first-order chi connectivity index (χ1) is 10.3. The fourth-order valence-electron chi connectivity index (χ4n) is 2.77. The summed E-state index contributed by atoms with van der Waals surface area (Å²) in [6.07, 6.45) is 3.59. The van der Waals surface area contributed by atoms with Gasteiger partial charge < -0.3 is 9.64 Å². The van der Waals surface area contributed by atoms with Gasteiger partial charge in [-0.25, -0.2) is 9.97 Å². The molecule has 3 aromatic rings. The first kappa shape index (κ1) is 12.7. The molecule has 0 radical (unpaired) electrons. The Balaban J connectivity index is 1.69. The lowest BCUT2D eigenvalue weighted by Crippen LogP contribution is -2.43. The van der Waals surface area contributed by atoms with Gasteiger partial charge in [0.1, 0.15) is 18.2 Å². The highest BCUT2D eigenvalue weighted by Crippen LogP contribution is 2.31. The molecule has 4 rings (SSSR count). The lowest BCUT2D eigenvalue weighted by Gasteiger charge is -2.37. The van der Waals surface area contributed by atoms with Crippen LogP contribution in [0.25, 0.3) is 11.0 Å². The number of hydrogen-bond donors (Lipinski definition) is 1. The number of aromatic nitrogens is 4. The van der Waals surface area contributed by atoms with Crippen LogP contribution in [-0.4, -0.2) is 39.4 Å². The molecule has 0 saturated carbocycles. The van der Waals surface area contributed by atoms with E-state index < -0.39 is 0 Å². The van der Waals surface area contributed by atoms with Gasteiger partial charge in [0.05, 0.1) is 17.7 Å². The predicted molar refractivity (Wildman–Crippen MR) is 81.5 cm³/mol. The van der Waals surface area contributed by atoms with E-state index in [1.54, 1.807) is 23.9 Å². The minimum atomic E-state index is 0.0805. The van der Waals surface area contributed by atoms with E-state index in [0.717, 1.165) is 29.9 Å². The zero-order valence-corrected chi connectivity index (χ0v) is 12.4. The second kappa shape index (κ2) is 5.09. The predicted octanol–water partition coefficient (Wildman–Crippen LogP) is 2.38. The Bertz CT molecular complexity index is 741. The zero-order valence-electron chi connectivity index (χ0n) is 11.6. The Hall–Kier alpha value is -1.99. The number of nitrogens with one attached hydrogen (secondary N) is 1. The summed E-state index contributed by atoms with van der Waals surface area (Å²) in [5, 5.41) is 12.1. The molecule has 108 valence electrons. The van der Waals surface area contributed by atoms with Crippen molar-refractivity contribution >= 4 is 28.2 Å². The number of ether oxygens (including phenoxy) is 1. The minimum Gasteiger partial charge on any atom is -0.367 e. The third-order valence-corrected chi connectivity index (χ3v) is 4.40. The molecule has 6 nitrogen and oxygen atoms in total. The van der Waals surface area contributed by atoms with Crippen molar-refractivity contribution in [1.82, 2.24) is 20.2 Å². The Labute approximate surface area is 125 Å². The van der Waals surface area contributed by atoms with Crippen LogP contribution in [0.3, 0.4) is 0 Å². The van der Waals surface area contributed by atoms with E-state index in [0.29, 0.717) is 0 Å². The van der Waals surface area contributed by atoms with E-state index >= 15 is 0 Å². The summed E-state index contributed by atoms with van der Waals surface area (Å²) >= 11 is 1.70. The van der Waals surface area contributed by atoms with Gasteiger partial charge in [-0.1, -0.05) is 0 Å². The fraction of sp³-hybridized carbons (Fsp3) is 0.357. The maximum atomic E-state index is 6.07. The molecule has 3 aromatic heterocycles. The minimum absolute atomic E-state index is 0.0805. The van der Waals surface area contributed by atoms with Crippen molar-refractivity contribution in [2.24, 2.45) is 0 Å². The summed E-state index contributed by atoms with van der Waals surface area (Å²) in [5.41, 5.74) is 2.00. The first-order valence-electron chi connectivity index (χ1n) is 6.88. The fourth-order valence-corrected chi connectivity index (χ4v) is 3.47. The summed E-state index contributed by atoms with van der Waals surface area (Å²) in [4.78, 5) is 10.9. The molecule has 0 spiro atoms. The van der Waals surface area contributed by atoms with E-state index in [9.17, 15) is 0 Å². The number of anilines is 1. The Morgan fingerprint density at radius 3 is 3.19 bits per heavy atom. The van der Waals surface area contributed by atoms with E-state index in [4.69, 9.17) is 4.74 Å². The lowest BCUT2D eigenvalue weighted by molar-refractivity contribution is -0.0173. The summed E-state index contributed by atoms with van der Waals surface area (Å²) < 4.78 is 6.07. The summed E-state index contributed by atoms with van der Waals surface area (Å²) in [6.45, 7) is 3.70. The number of morpholine rings is 1. The molecule has 2 unspecified atom stereocenters. The van der Waals surface area contributed by atoms with Crippen molar-refractivity contribution < 1.29 is 4.74 Å². The van der Waals surface area contributed by atoms with Gasteiger partial charge >= 0.3 is 0 Å². The average Bonchev–Trinajstić information content (AvgIpc) is 3.17. The van der Waals surface area contributed by atoms with Crippen molar-refractivity contribution in [2.75, 3.05) is 18.0 Å². The third kappa shape index (κ3) is 2.28. The molecule has 0 bridgehead atoms. The van der Waals surface area contributed by atoms with Crippen LogP contribution in [-0.2, 0) is 4.74 Å². The van der Waals surface area contributed by atoms with Crippen LogP contribution in [0.2, 0.25) is 0 Å². The zero-order chi connectivity index (χ0) is 14.2. The van der Waals surface area contributed by atoms with E-state index in [1.807, 2.05) is 0 Å². The molecule has 1 N–H and O–H groups in total. The van der Waals surface area contributed by atoms with Gasteiger partial charge in [-0.05, 0) is 29.3 Å². The van der Waals surface area contributed by atoms with Crippen LogP contribution >= 0.6 is 11.3 Å². The Morgan fingerprint density at radius 2 is 2.33 bits per heavy atom.